The van der Waals surface area contributed by atoms with Crippen molar-refractivity contribution in [1.82, 2.24) is 0 Å². The molecule has 0 amide bonds. The van der Waals surface area contributed by atoms with Crippen molar-refractivity contribution in [3.63, 3.8) is 0 Å². The summed E-state index contributed by atoms with van der Waals surface area (Å²) in [4.78, 5) is 0. The van der Waals surface area contributed by atoms with Crippen molar-refractivity contribution in [2.75, 3.05) is 0 Å². The molecule has 4 heteroatoms. The fourth-order valence-electron chi connectivity index (χ4n) is 4.56. The van der Waals surface area contributed by atoms with Crippen LogP contribution in [0.2, 0.25) is 39.3 Å². The molecule has 0 saturated carbocycles. The van der Waals surface area contributed by atoms with E-state index in [4.69, 9.17) is 8.85 Å². The first-order valence-electron chi connectivity index (χ1n) is 10.3. The number of hydrogen-bond acceptors (Lipinski definition) is 2. The van der Waals surface area contributed by atoms with Crippen molar-refractivity contribution in [2.24, 2.45) is 0 Å². The molecule has 2 aromatic carbocycles. The zero-order valence-corrected chi connectivity index (χ0v) is 21.1. The van der Waals surface area contributed by atoms with Gasteiger partial charge in [0.1, 0.15) is 11.5 Å². The van der Waals surface area contributed by atoms with Gasteiger partial charge < -0.3 is 8.85 Å². The monoisotopic (exact) mass is 412 g/mol. The predicted molar refractivity (Wildman–Crippen MR) is 125 cm³/mol. The fraction of sp³-hybridized carbons (Fsp3) is 0.500. The number of benzene rings is 2. The Bertz CT molecular complexity index is 858. The van der Waals surface area contributed by atoms with E-state index in [0.717, 1.165) is 17.9 Å². The molecule has 28 heavy (non-hydrogen) atoms. The minimum absolute atomic E-state index is 0.0185. The lowest BCUT2D eigenvalue weighted by Gasteiger charge is -2.29. The van der Waals surface area contributed by atoms with Gasteiger partial charge in [-0.25, -0.2) is 0 Å². The minimum atomic E-state index is -1.64. The second-order valence-corrected chi connectivity index (χ2v) is 19.9. The Labute approximate surface area is 173 Å². The van der Waals surface area contributed by atoms with E-state index in [1.165, 1.54) is 16.7 Å². The van der Waals surface area contributed by atoms with Gasteiger partial charge in [-0.1, -0.05) is 39.0 Å². The lowest BCUT2D eigenvalue weighted by molar-refractivity contribution is 0.424. The summed E-state index contributed by atoms with van der Waals surface area (Å²) in [6, 6.07) is 15.6. The van der Waals surface area contributed by atoms with Gasteiger partial charge in [0.25, 0.3) is 0 Å². The van der Waals surface area contributed by atoms with E-state index in [1.807, 2.05) is 0 Å². The quantitative estimate of drug-likeness (QED) is 0.487. The normalized spacial score (nSPS) is 21.3. The minimum Gasteiger partial charge on any atom is -0.544 e. The van der Waals surface area contributed by atoms with Gasteiger partial charge in [-0.3, -0.25) is 0 Å². The fourth-order valence-corrected chi connectivity index (χ4v) is 6.24. The Balaban J connectivity index is 2.02. The first-order chi connectivity index (χ1) is 12.7. The zero-order valence-electron chi connectivity index (χ0n) is 19.1. The molecule has 2 aromatic rings. The molecule has 1 aliphatic carbocycles. The smallest absolute Gasteiger partial charge is 0.242 e. The van der Waals surface area contributed by atoms with E-state index in [2.05, 4.69) is 103 Å². The average molecular weight is 413 g/mol. The lowest BCUT2D eigenvalue weighted by Crippen LogP contribution is -2.29. The third kappa shape index (κ3) is 4.38. The highest BCUT2D eigenvalue weighted by molar-refractivity contribution is 6.70. The molecule has 0 bridgehead atoms. The zero-order chi connectivity index (χ0) is 21.0. The molecule has 1 atom stereocenters. The van der Waals surface area contributed by atoms with Crippen LogP contribution in [0.3, 0.4) is 0 Å². The maximum Gasteiger partial charge on any atom is 0.242 e. The second-order valence-electron chi connectivity index (χ2n) is 11.1. The Hall–Kier alpha value is -1.53. The highest BCUT2D eigenvalue weighted by Crippen LogP contribution is 2.53. The maximum atomic E-state index is 6.32. The van der Waals surface area contributed by atoms with Crippen molar-refractivity contribution in [1.29, 1.82) is 0 Å². The molecule has 1 unspecified atom stereocenters. The molecule has 0 heterocycles. The van der Waals surface area contributed by atoms with Crippen molar-refractivity contribution >= 4 is 16.6 Å². The van der Waals surface area contributed by atoms with Crippen LogP contribution in [-0.2, 0) is 10.8 Å². The molecule has 0 N–H and O–H groups in total. The van der Waals surface area contributed by atoms with E-state index in [9.17, 15) is 0 Å². The maximum absolute atomic E-state index is 6.32. The highest BCUT2D eigenvalue weighted by Gasteiger charge is 2.46. The van der Waals surface area contributed by atoms with Crippen LogP contribution in [0.15, 0.2) is 42.5 Å². The Morgan fingerprint density at radius 2 is 1.18 bits per heavy atom. The van der Waals surface area contributed by atoms with E-state index >= 15 is 0 Å². The highest BCUT2D eigenvalue weighted by atomic mass is 28.4. The van der Waals surface area contributed by atoms with Gasteiger partial charge in [0.05, 0.1) is 0 Å². The third-order valence-electron chi connectivity index (χ3n) is 5.45. The second kappa shape index (κ2) is 6.77. The first kappa shape index (κ1) is 21.2. The molecule has 3 rings (SSSR count). The van der Waals surface area contributed by atoms with E-state index in [-0.39, 0.29) is 10.8 Å². The Morgan fingerprint density at radius 1 is 0.679 bits per heavy atom. The molecule has 152 valence electrons. The molecule has 0 spiro atoms. The summed E-state index contributed by atoms with van der Waals surface area (Å²) in [5.41, 5.74) is 4.34. The van der Waals surface area contributed by atoms with Gasteiger partial charge in [0.2, 0.25) is 16.6 Å². The molecule has 0 fully saturated rings. The van der Waals surface area contributed by atoms with E-state index in [0.29, 0.717) is 0 Å². The summed E-state index contributed by atoms with van der Waals surface area (Å²) in [5.74, 6) is 2.00. The van der Waals surface area contributed by atoms with Crippen LogP contribution in [0.25, 0.3) is 0 Å². The van der Waals surface area contributed by atoms with Crippen molar-refractivity contribution in [3.8, 4) is 11.5 Å². The van der Waals surface area contributed by atoms with Crippen LogP contribution in [-0.4, -0.2) is 16.6 Å². The molecule has 0 aliphatic heterocycles. The van der Waals surface area contributed by atoms with Crippen molar-refractivity contribution < 1.29 is 8.85 Å². The summed E-state index contributed by atoms with van der Waals surface area (Å²) >= 11 is 0. The lowest BCUT2D eigenvalue weighted by atomic mass is 9.75. The summed E-state index contributed by atoms with van der Waals surface area (Å²) in [5, 5.41) is 0. The third-order valence-corrected chi connectivity index (χ3v) is 7.15. The van der Waals surface area contributed by atoms with Crippen molar-refractivity contribution in [3.05, 3.63) is 59.2 Å². The summed E-state index contributed by atoms with van der Waals surface area (Å²) < 4.78 is 12.5. The van der Waals surface area contributed by atoms with Crippen LogP contribution in [0.1, 0.15) is 43.9 Å². The van der Waals surface area contributed by atoms with Crippen LogP contribution in [0.5, 0.6) is 11.5 Å². The van der Waals surface area contributed by atoms with Crippen LogP contribution in [0.4, 0.5) is 0 Å². The predicted octanol–water partition coefficient (Wildman–Crippen LogP) is 7.10. The van der Waals surface area contributed by atoms with Gasteiger partial charge in [0, 0.05) is 5.41 Å². The van der Waals surface area contributed by atoms with Gasteiger partial charge in [0.15, 0.2) is 0 Å². The molecular formula is C24H36O2Si2. The molecule has 0 radical (unpaired) electrons. The largest absolute Gasteiger partial charge is 0.544 e. The van der Waals surface area contributed by atoms with Gasteiger partial charge in [-0.15, -0.1) is 0 Å². The number of hydrogen-bond donors (Lipinski definition) is 0. The first-order valence-corrected chi connectivity index (χ1v) is 17.1. The van der Waals surface area contributed by atoms with E-state index in [1.54, 1.807) is 0 Å². The molecular weight excluding hydrogens is 376 g/mol. The standard InChI is InChI=1S/C24H36O2Si2/c1-23(2)17-24(3,18-10-12-19(13-11-18)25-27(4,5)6)22-16-20(14-15-21(22)23)26-28(7,8)9/h10-16H,17H2,1-9H3. The number of fused-ring (bicyclic) bond motifs is 1. The Morgan fingerprint density at radius 3 is 1.71 bits per heavy atom. The van der Waals surface area contributed by atoms with Crippen LogP contribution < -0.4 is 8.85 Å². The SMILES string of the molecule is CC1(C)CC(C)(c2ccc(O[Si](C)(C)C)cc2)c2cc(O[Si](C)(C)C)ccc21. The topological polar surface area (TPSA) is 18.5 Å². The van der Waals surface area contributed by atoms with Gasteiger partial charge >= 0.3 is 0 Å². The van der Waals surface area contributed by atoms with Gasteiger partial charge in [-0.2, -0.15) is 0 Å². The summed E-state index contributed by atoms with van der Waals surface area (Å²) in [6.07, 6.45) is 1.10. The summed E-state index contributed by atoms with van der Waals surface area (Å²) in [7, 11) is -3.22. The summed E-state index contributed by atoms with van der Waals surface area (Å²) in [6.45, 7) is 20.5. The molecule has 0 aromatic heterocycles. The Kier molecular flexibility index (Phi) is 5.12. The molecule has 0 saturated heterocycles. The average Bonchev–Trinajstić information content (AvgIpc) is 2.72. The molecule has 1 aliphatic rings. The van der Waals surface area contributed by atoms with Gasteiger partial charge in [-0.05, 0) is 92.1 Å². The van der Waals surface area contributed by atoms with Crippen LogP contribution in [0, 0.1) is 0 Å². The van der Waals surface area contributed by atoms with Crippen molar-refractivity contribution in [2.45, 2.75) is 77.3 Å². The molecule has 2 nitrogen and oxygen atoms in total. The number of rotatable bonds is 5. The van der Waals surface area contributed by atoms with E-state index < -0.39 is 16.6 Å². The van der Waals surface area contributed by atoms with Crippen LogP contribution >= 0.6 is 0 Å².